The lowest BCUT2D eigenvalue weighted by molar-refractivity contribution is 0.0202. The molecule has 0 heterocycles. The lowest BCUT2D eigenvalue weighted by atomic mass is 10.0. The highest BCUT2D eigenvalue weighted by Crippen LogP contribution is 2.16. The number of hydrogen-bond acceptors (Lipinski definition) is 1. The van der Waals surface area contributed by atoms with Crippen molar-refractivity contribution in [1.82, 2.24) is 0 Å². The molecule has 0 aromatic heterocycles. The van der Waals surface area contributed by atoms with Crippen molar-refractivity contribution in [3.8, 4) is 0 Å². The normalized spacial score (nSPS) is 15.3. The molecule has 88 valence electrons. The second-order valence-corrected chi connectivity index (χ2v) is 4.94. The van der Waals surface area contributed by atoms with Crippen molar-refractivity contribution in [2.45, 2.75) is 52.7 Å². The molecule has 1 nitrogen and oxygen atoms in total. The maximum atomic E-state index is 5.93. The maximum absolute atomic E-state index is 5.93. The van der Waals surface area contributed by atoms with Gasteiger partial charge >= 0.3 is 0 Å². The minimum Gasteiger partial charge on any atom is -0.367 e. The highest BCUT2D eigenvalue weighted by molar-refractivity contribution is 4.87. The van der Waals surface area contributed by atoms with Gasteiger partial charge in [0.15, 0.2) is 0 Å². The molecular weight excluding hydrogens is 184 g/mol. The molecule has 0 fully saturated rings. The molecule has 2 unspecified atom stereocenters. The molecule has 0 saturated heterocycles. The fraction of sp³-hybridized carbons (Fsp3) is 0.714. The Bertz CT molecular complexity index is 162. The monoisotopic (exact) mass is 210 g/mol. The minimum atomic E-state index is 0.159. The van der Waals surface area contributed by atoms with Crippen LogP contribution >= 0.6 is 0 Å². The first-order valence-corrected chi connectivity index (χ1v) is 5.90. The number of rotatable bonds is 8. The Labute approximate surface area is 95.2 Å². The average molecular weight is 210 g/mol. The molecule has 2 atom stereocenters. The first-order chi connectivity index (χ1) is 6.99. The zero-order valence-corrected chi connectivity index (χ0v) is 10.7. The quantitative estimate of drug-likeness (QED) is 0.545. The zero-order valence-electron chi connectivity index (χ0n) is 10.7. The Morgan fingerprint density at radius 1 is 0.867 bits per heavy atom. The summed E-state index contributed by atoms with van der Waals surface area (Å²) in [6.45, 7) is 16.4. The average Bonchev–Trinajstić information content (AvgIpc) is 2.14. The Morgan fingerprint density at radius 2 is 1.20 bits per heavy atom. The van der Waals surface area contributed by atoms with Crippen LogP contribution < -0.4 is 0 Å². The van der Waals surface area contributed by atoms with Crippen molar-refractivity contribution in [1.29, 1.82) is 0 Å². The molecule has 0 rings (SSSR count). The molecule has 0 aliphatic heterocycles. The van der Waals surface area contributed by atoms with Crippen LogP contribution in [0, 0.1) is 11.8 Å². The van der Waals surface area contributed by atoms with Gasteiger partial charge in [-0.1, -0.05) is 39.8 Å². The lowest BCUT2D eigenvalue weighted by Crippen LogP contribution is -2.21. The first kappa shape index (κ1) is 14.4. The van der Waals surface area contributed by atoms with Gasteiger partial charge in [0.1, 0.15) is 0 Å². The van der Waals surface area contributed by atoms with E-state index in [1.807, 2.05) is 12.2 Å². The summed E-state index contributed by atoms with van der Waals surface area (Å²) in [6.07, 6.45) is 6.18. The highest BCUT2D eigenvalue weighted by atomic mass is 16.5. The molecule has 0 radical (unpaired) electrons. The Balaban J connectivity index is 4.11. The smallest absolute Gasteiger partial charge is 0.0763 e. The van der Waals surface area contributed by atoms with Gasteiger partial charge in [0.05, 0.1) is 12.2 Å². The molecule has 15 heavy (non-hydrogen) atoms. The minimum absolute atomic E-state index is 0.159. The Hall–Kier alpha value is -0.560. The van der Waals surface area contributed by atoms with Crippen LogP contribution in [0.5, 0.6) is 0 Å². The van der Waals surface area contributed by atoms with Crippen molar-refractivity contribution in [2.24, 2.45) is 11.8 Å². The van der Waals surface area contributed by atoms with Crippen LogP contribution in [-0.4, -0.2) is 12.2 Å². The molecule has 0 aliphatic carbocycles. The van der Waals surface area contributed by atoms with Crippen LogP contribution in [0.4, 0.5) is 0 Å². The predicted octanol–water partition coefficient (Wildman–Crippen LogP) is 4.20. The van der Waals surface area contributed by atoms with Crippen LogP contribution in [0.25, 0.3) is 0 Å². The van der Waals surface area contributed by atoms with E-state index in [0.717, 1.165) is 12.8 Å². The van der Waals surface area contributed by atoms with Gasteiger partial charge in [0.25, 0.3) is 0 Å². The van der Waals surface area contributed by atoms with Crippen LogP contribution in [-0.2, 0) is 4.74 Å². The van der Waals surface area contributed by atoms with Gasteiger partial charge in [-0.15, -0.1) is 13.2 Å². The predicted molar refractivity (Wildman–Crippen MR) is 68.0 cm³/mol. The molecule has 0 amide bonds. The Kier molecular flexibility index (Phi) is 7.41. The number of ether oxygens (including phenoxy) is 1. The van der Waals surface area contributed by atoms with Gasteiger partial charge in [-0.3, -0.25) is 0 Å². The van der Waals surface area contributed by atoms with Gasteiger partial charge in [-0.05, 0) is 24.7 Å². The first-order valence-electron chi connectivity index (χ1n) is 5.90. The van der Waals surface area contributed by atoms with Crippen LogP contribution in [0.1, 0.15) is 40.5 Å². The van der Waals surface area contributed by atoms with E-state index in [-0.39, 0.29) is 12.2 Å². The third-order valence-corrected chi connectivity index (χ3v) is 2.28. The van der Waals surface area contributed by atoms with E-state index >= 15 is 0 Å². The van der Waals surface area contributed by atoms with Gasteiger partial charge in [-0.25, -0.2) is 0 Å². The molecule has 0 bridgehead atoms. The summed E-state index contributed by atoms with van der Waals surface area (Å²) in [5, 5.41) is 0. The van der Waals surface area contributed by atoms with E-state index in [1.165, 1.54) is 0 Å². The summed E-state index contributed by atoms with van der Waals surface area (Å²) < 4.78 is 5.93. The van der Waals surface area contributed by atoms with Crippen LogP contribution in [0.3, 0.4) is 0 Å². The van der Waals surface area contributed by atoms with Gasteiger partial charge in [0.2, 0.25) is 0 Å². The van der Waals surface area contributed by atoms with E-state index in [2.05, 4.69) is 40.9 Å². The molecule has 0 aromatic carbocycles. The SMILES string of the molecule is C=CC(CC(C)C)OC(C=C)CC(C)C. The fourth-order valence-electron chi connectivity index (χ4n) is 1.57. The van der Waals surface area contributed by atoms with E-state index < -0.39 is 0 Å². The van der Waals surface area contributed by atoms with Crippen molar-refractivity contribution < 1.29 is 4.74 Å². The number of hydrogen-bond donors (Lipinski definition) is 0. The summed E-state index contributed by atoms with van der Waals surface area (Å²) in [5.41, 5.74) is 0. The van der Waals surface area contributed by atoms with Crippen molar-refractivity contribution >= 4 is 0 Å². The summed E-state index contributed by atoms with van der Waals surface area (Å²) in [4.78, 5) is 0. The van der Waals surface area contributed by atoms with Crippen molar-refractivity contribution in [3.05, 3.63) is 25.3 Å². The van der Waals surface area contributed by atoms with Crippen LogP contribution in [0.2, 0.25) is 0 Å². The van der Waals surface area contributed by atoms with Gasteiger partial charge in [0, 0.05) is 0 Å². The van der Waals surface area contributed by atoms with E-state index in [1.54, 1.807) is 0 Å². The molecule has 0 spiro atoms. The van der Waals surface area contributed by atoms with Crippen LogP contribution in [0.15, 0.2) is 25.3 Å². The van der Waals surface area contributed by atoms with Crippen molar-refractivity contribution in [3.63, 3.8) is 0 Å². The zero-order chi connectivity index (χ0) is 11.8. The van der Waals surface area contributed by atoms with Crippen molar-refractivity contribution in [2.75, 3.05) is 0 Å². The highest BCUT2D eigenvalue weighted by Gasteiger charge is 2.14. The molecule has 0 aromatic rings. The summed E-state index contributed by atoms with van der Waals surface area (Å²) in [7, 11) is 0. The third-order valence-electron chi connectivity index (χ3n) is 2.28. The lowest BCUT2D eigenvalue weighted by Gasteiger charge is -2.23. The van der Waals surface area contributed by atoms with Gasteiger partial charge in [-0.2, -0.15) is 0 Å². The molecule has 1 heteroatoms. The topological polar surface area (TPSA) is 9.23 Å². The summed E-state index contributed by atoms with van der Waals surface area (Å²) in [6, 6.07) is 0. The largest absolute Gasteiger partial charge is 0.367 e. The summed E-state index contributed by atoms with van der Waals surface area (Å²) in [5.74, 6) is 1.27. The standard InChI is InChI=1S/C14H26O/c1-7-13(9-11(3)4)15-14(8-2)10-12(5)6/h7-8,11-14H,1-2,9-10H2,3-6H3. The van der Waals surface area contributed by atoms with Gasteiger partial charge < -0.3 is 4.74 Å². The second kappa shape index (κ2) is 7.70. The molecule has 0 saturated carbocycles. The second-order valence-electron chi connectivity index (χ2n) is 4.94. The molecular formula is C14H26O. The summed E-state index contributed by atoms with van der Waals surface area (Å²) >= 11 is 0. The van der Waals surface area contributed by atoms with E-state index in [9.17, 15) is 0 Å². The third kappa shape index (κ3) is 7.38. The fourth-order valence-corrected chi connectivity index (χ4v) is 1.57. The Morgan fingerprint density at radius 3 is 1.40 bits per heavy atom. The molecule has 0 N–H and O–H groups in total. The molecule has 0 aliphatic rings. The maximum Gasteiger partial charge on any atom is 0.0763 e. The van der Waals surface area contributed by atoms with E-state index in [0.29, 0.717) is 11.8 Å². The van der Waals surface area contributed by atoms with E-state index in [4.69, 9.17) is 4.74 Å².